The Morgan fingerprint density at radius 1 is 1.35 bits per heavy atom. The third-order valence-electron chi connectivity index (χ3n) is 4.63. The van der Waals surface area contributed by atoms with Crippen LogP contribution in [0.4, 0.5) is 0 Å². The van der Waals surface area contributed by atoms with Crippen molar-refractivity contribution in [3.05, 3.63) is 0 Å². The largest absolute Gasteiger partial charge is 0.392 e. The second-order valence-corrected chi connectivity index (χ2v) is 6.47. The minimum absolute atomic E-state index is 0.157. The third-order valence-corrected chi connectivity index (χ3v) is 4.63. The monoisotopic (exact) mass is 241 g/mol. The van der Waals surface area contributed by atoms with E-state index in [0.29, 0.717) is 6.04 Å². The smallest absolute Gasteiger partial charge is 0.0697 e. The Morgan fingerprint density at radius 2 is 2.00 bits per heavy atom. The van der Waals surface area contributed by atoms with E-state index in [1.165, 1.54) is 25.7 Å². The van der Waals surface area contributed by atoms with Gasteiger partial charge >= 0.3 is 0 Å². The molecule has 1 aliphatic carbocycles. The van der Waals surface area contributed by atoms with Crippen LogP contribution in [0.1, 0.15) is 59.3 Å². The maximum Gasteiger partial charge on any atom is 0.0697 e. The van der Waals surface area contributed by atoms with Crippen molar-refractivity contribution in [2.45, 2.75) is 82.6 Å². The second-order valence-electron chi connectivity index (χ2n) is 6.47. The quantitative estimate of drug-likeness (QED) is 0.796. The number of nitrogens with one attached hydrogen (secondary N) is 1. The van der Waals surface area contributed by atoms with Crippen LogP contribution < -0.4 is 5.32 Å². The summed E-state index contributed by atoms with van der Waals surface area (Å²) in [5, 5.41) is 13.4. The average molecular weight is 241 g/mol. The van der Waals surface area contributed by atoms with Crippen molar-refractivity contribution >= 4 is 0 Å². The van der Waals surface area contributed by atoms with Crippen LogP contribution >= 0.6 is 0 Å². The van der Waals surface area contributed by atoms with Gasteiger partial charge in [0.2, 0.25) is 0 Å². The molecule has 1 saturated heterocycles. The predicted molar refractivity (Wildman–Crippen MR) is 69.1 cm³/mol. The van der Waals surface area contributed by atoms with Gasteiger partial charge < -0.3 is 15.2 Å². The number of rotatable bonds is 3. The number of ether oxygens (including phenoxy) is 1. The van der Waals surface area contributed by atoms with E-state index in [2.05, 4.69) is 19.2 Å². The normalized spacial score (nSPS) is 30.7. The van der Waals surface area contributed by atoms with E-state index in [4.69, 9.17) is 4.74 Å². The van der Waals surface area contributed by atoms with E-state index < -0.39 is 0 Å². The topological polar surface area (TPSA) is 41.5 Å². The third kappa shape index (κ3) is 3.01. The highest BCUT2D eigenvalue weighted by atomic mass is 16.5. The van der Waals surface area contributed by atoms with Gasteiger partial charge in [0, 0.05) is 18.2 Å². The van der Waals surface area contributed by atoms with Gasteiger partial charge in [-0.15, -0.1) is 0 Å². The molecule has 2 rings (SSSR count). The molecular formula is C14H27NO2. The molecule has 2 N–H and O–H groups in total. The summed E-state index contributed by atoms with van der Waals surface area (Å²) in [6, 6.07) is 0.492. The highest BCUT2D eigenvalue weighted by Gasteiger charge is 2.41. The molecule has 2 aliphatic rings. The summed E-state index contributed by atoms with van der Waals surface area (Å²) >= 11 is 0. The molecule has 0 amide bonds. The molecule has 2 fully saturated rings. The van der Waals surface area contributed by atoms with Crippen LogP contribution in [0.2, 0.25) is 0 Å². The number of aliphatic hydroxyl groups is 1. The van der Waals surface area contributed by atoms with Gasteiger partial charge in [-0.25, -0.2) is 0 Å². The van der Waals surface area contributed by atoms with Crippen molar-refractivity contribution in [3.63, 3.8) is 0 Å². The molecule has 1 saturated carbocycles. The van der Waals surface area contributed by atoms with Gasteiger partial charge in [-0.3, -0.25) is 0 Å². The molecule has 0 radical (unpaired) electrons. The maximum absolute atomic E-state index is 9.77. The standard InChI is InChI=1S/C14H27NO2/c1-11(16)13(2,3)15-12-6-9-17-14(10-12)7-4-5-8-14/h11-12,15-16H,4-10H2,1-3H3. The Morgan fingerprint density at radius 3 is 2.59 bits per heavy atom. The molecule has 1 spiro atoms. The summed E-state index contributed by atoms with van der Waals surface area (Å²) in [7, 11) is 0. The van der Waals surface area contributed by atoms with Crippen molar-refractivity contribution in [2.75, 3.05) is 6.61 Å². The van der Waals surface area contributed by atoms with Crippen LogP contribution in [-0.4, -0.2) is 35.0 Å². The van der Waals surface area contributed by atoms with Gasteiger partial charge in [-0.1, -0.05) is 12.8 Å². The fourth-order valence-electron chi connectivity index (χ4n) is 3.17. The second kappa shape index (κ2) is 4.87. The molecular weight excluding hydrogens is 214 g/mol. The summed E-state index contributed by atoms with van der Waals surface area (Å²) in [4.78, 5) is 0. The van der Waals surface area contributed by atoms with Crippen molar-refractivity contribution in [2.24, 2.45) is 0 Å². The SMILES string of the molecule is CC(O)C(C)(C)NC1CCOC2(CCCC2)C1. The predicted octanol–water partition coefficient (Wildman–Crippen LogP) is 2.23. The molecule has 0 aromatic heterocycles. The van der Waals surface area contributed by atoms with Gasteiger partial charge in [-0.05, 0) is 46.5 Å². The van der Waals surface area contributed by atoms with Crippen molar-refractivity contribution in [1.82, 2.24) is 5.32 Å². The van der Waals surface area contributed by atoms with Gasteiger partial charge in [0.1, 0.15) is 0 Å². The first-order valence-corrected chi connectivity index (χ1v) is 7.03. The lowest BCUT2D eigenvalue weighted by Gasteiger charge is -2.42. The molecule has 100 valence electrons. The highest BCUT2D eigenvalue weighted by Crippen LogP contribution is 2.40. The minimum Gasteiger partial charge on any atom is -0.392 e. The Hall–Kier alpha value is -0.120. The van der Waals surface area contributed by atoms with Crippen LogP contribution in [0, 0.1) is 0 Å². The van der Waals surface area contributed by atoms with E-state index in [1.54, 1.807) is 0 Å². The first kappa shape index (κ1) is 13.3. The molecule has 2 unspecified atom stereocenters. The maximum atomic E-state index is 9.77. The zero-order valence-electron chi connectivity index (χ0n) is 11.5. The molecule has 0 bridgehead atoms. The Labute approximate surface area is 105 Å². The lowest BCUT2D eigenvalue weighted by atomic mass is 9.86. The summed E-state index contributed by atoms with van der Waals surface area (Å²) in [5.41, 5.74) is -0.0491. The zero-order chi connectivity index (χ0) is 12.5. The van der Waals surface area contributed by atoms with Crippen LogP contribution in [0.25, 0.3) is 0 Å². The fraction of sp³-hybridized carbons (Fsp3) is 1.00. The molecule has 1 heterocycles. The summed E-state index contributed by atoms with van der Waals surface area (Å²) in [5.74, 6) is 0. The van der Waals surface area contributed by atoms with Crippen LogP contribution in [0.3, 0.4) is 0 Å². The van der Waals surface area contributed by atoms with Crippen molar-refractivity contribution in [3.8, 4) is 0 Å². The van der Waals surface area contributed by atoms with Gasteiger partial charge in [0.15, 0.2) is 0 Å². The average Bonchev–Trinajstić information content (AvgIpc) is 2.65. The Bertz CT molecular complexity index is 255. The lowest BCUT2D eigenvalue weighted by Crippen LogP contribution is -2.56. The number of hydrogen-bond donors (Lipinski definition) is 2. The van der Waals surface area contributed by atoms with Crippen molar-refractivity contribution < 1.29 is 9.84 Å². The van der Waals surface area contributed by atoms with Crippen LogP contribution in [0.15, 0.2) is 0 Å². The first-order valence-electron chi connectivity index (χ1n) is 7.03. The number of aliphatic hydroxyl groups excluding tert-OH is 1. The van der Waals surface area contributed by atoms with Gasteiger partial charge in [0.25, 0.3) is 0 Å². The molecule has 2 atom stereocenters. The van der Waals surface area contributed by atoms with E-state index in [0.717, 1.165) is 19.4 Å². The molecule has 3 nitrogen and oxygen atoms in total. The highest BCUT2D eigenvalue weighted by molar-refractivity contribution is 4.96. The van der Waals surface area contributed by atoms with E-state index in [1.807, 2.05) is 6.92 Å². The van der Waals surface area contributed by atoms with Crippen LogP contribution in [0.5, 0.6) is 0 Å². The molecule has 3 heteroatoms. The molecule has 1 aliphatic heterocycles. The van der Waals surface area contributed by atoms with E-state index in [-0.39, 0.29) is 17.2 Å². The summed E-state index contributed by atoms with van der Waals surface area (Å²) in [6.45, 7) is 6.88. The van der Waals surface area contributed by atoms with Gasteiger partial charge in [0.05, 0.1) is 11.7 Å². The molecule has 0 aromatic rings. The fourth-order valence-corrected chi connectivity index (χ4v) is 3.17. The Balaban J connectivity index is 1.93. The summed E-state index contributed by atoms with van der Waals surface area (Å²) < 4.78 is 6.03. The summed E-state index contributed by atoms with van der Waals surface area (Å²) in [6.07, 6.45) is 6.92. The van der Waals surface area contributed by atoms with Crippen molar-refractivity contribution in [1.29, 1.82) is 0 Å². The first-order chi connectivity index (χ1) is 7.94. The van der Waals surface area contributed by atoms with E-state index >= 15 is 0 Å². The Kier molecular flexibility index (Phi) is 3.81. The molecule has 0 aromatic carbocycles. The lowest BCUT2D eigenvalue weighted by molar-refractivity contribution is -0.0889. The van der Waals surface area contributed by atoms with Crippen LogP contribution in [-0.2, 0) is 4.74 Å². The van der Waals surface area contributed by atoms with Gasteiger partial charge in [-0.2, -0.15) is 0 Å². The van der Waals surface area contributed by atoms with E-state index in [9.17, 15) is 5.11 Å². The molecule has 17 heavy (non-hydrogen) atoms. The zero-order valence-corrected chi connectivity index (χ0v) is 11.5. The minimum atomic E-state index is -0.329. The number of hydrogen-bond acceptors (Lipinski definition) is 3.